The van der Waals surface area contributed by atoms with Crippen LogP contribution in [0.1, 0.15) is 59.2 Å². The van der Waals surface area contributed by atoms with E-state index < -0.39 is 23.8 Å². The van der Waals surface area contributed by atoms with Gasteiger partial charge in [0.15, 0.2) is 5.82 Å². The molecule has 6 aliphatic heterocycles. The van der Waals surface area contributed by atoms with Gasteiger partial charge in [0.05, 0.1) is 46.9 Å². The van der Waals surface area contributed by atoms with Gasteiger partial charge in [0.1, 0.15) is 11.8 Å². The highest BCUT2D eigenvalue weighted by molar-refractivity contribution is 6.25. The number of fused-ring (bicyclic) bond motifs is 4. The van der Waals surface area contributed by atoms with Crippen LogP contribution >= 0.6 is 0 Å². The van der Waals surface area contributed by atoms with Gasteiger partial charge in [0, 0.05) is 63.8 Å². The summed E-state index contributed by atoms with van der Waals surface area (Å²) in [4.78, 5) is 61.9. The van der Waals surface area contributed by atoms with E-state index in [9.17, 15) is 24.3 Å². The zero-order valence-corrected chi connectivity index (χ0v) is 30.9. The molecule has 0 saturated carbocycles. The normalized spacial score (nSPS) is 24.0. The molecule has 4 fully saturated rings. The number of anilines is 3. The summed E-state index contributed by atoms with van der Waals surface area (Å²) in [6.45, 7) is 8.87. The van der Waals surface area contributed by atoms with Crippen LogP contribution in [-0.4, -0.2) is 143 Å². The molecule has 3 N–H and O–H groups in total. The first-order valence-corrected chi connectivity index (χ1v) is 19.7. The smallest absolute Gasteiger partial charge is 0.264 e. The van der Waals surface area contributed by atoms with Crippen molar-refractivity contribution in [3.05, 3.63) is 59.7 Å². The fraction of sp³-hybridized carbons (Fsp3) is 0.500. The predicted molar refractivity (Wildman–Crippen MR) is 204 cm³/mol. The number of carbonyl (C=O) groups is 4. The number of imide groups is 2. The maximum atomic E-state index is 13.6. The van der Waals surface area contributed by atoms with Crippen LogP contribution in [0.2, 0.25) is 0 Å². The number of phenols is 1. The zero-order chi connectivity index (χ0) is 37.6. The Bertz CT molecular complexity index is 1990. The lowest BCUT2D eigenvalue weighted by Gasteiger charge is -2.49. The van der Waals surface area contributed by atoms with Crippen LogP contribution in [0, 0.1) is 0 Å². The Morgan fingerprint density at radius 3 is 2.40 bits per heavy atom. The van der Waals surface area contributed by atoms with E-state index in [1.54, 1.807) is 18.2 Å². The summed E-state index contributed by atoms with van der Waals surface area (Å²) >= 11 is 0. The molecule has 0 bridgehead atoms. The molecule has 4 amide bonds. The van der Waals surface area contributed by atoms with Crippen LogP contribution in [0.4, 0.5) is 17.2 Å². The van der Waals surface area contributed by atoms with Crippen molar-refractivity contribution in [3.8, 4) is 17.0 Å². The van der Waals surface area contributed by atoms with E-state index in [0.29, 0.717) is 59.9 Å². The van der Waals surface area contributed by atoms with Crippen molar-refractivity contribution in [2.24, 2.45) is 0 Å². The minimum atomic E-state index is -0.977. The Morgan fingerprint density at radius 2 is 1.60 bits per heavy atom. The van der Waals surface area contributed by atoms with Crippen LogP contribution < -0.4 is 20.4 Å². The first-order chi connectivity index (χ1) is 26.8. The Morgan fingerprint density at radius 1 is 0.800 bits per heavy atom. The number of piperazine rings is 1. The van der Waals surface area contributed by atoms with E-state index in [1.807, 2.05) is 24.3 Å². The lowest BCUT2D eigenvalue weighted by molar-refractivity contribution is -0.136. The second-order valence-corrected chi connectivity index (χ2v) is 15.5. The van der Waals surface area contributed by atoms with E-state index in [2.05, 4.69) is 46.5 Å². The lowest BCUT2D eigenvalue weighted by Crippen LogP contribution is -2.61. The number of likely N-dealkylation sites (tertiary alicyclic amines) is 1. The third-order valence-electron chi connectivity index (χ3n) is 12.3. The van der Waals surface area contributed by atoms with Gasteiger partial charge < -0.3 is 29.9 Å². The second kappa shape index (κ2) is 14.8. The molecule has 0 aliphatic carbocycles. The molecular weight excluding hydrogens is 702 g/mol. The first-order valence-electron chi connectivity index (χ1n) is 19.7. The maximum Gasteiger partial charge on any atom is 0.264 e. The number of ether oxygens (including phenoxy) is 1. The van der Waals surface area contributed by atoms with Crippen molar-refractivity contribution >= 4 is 40.8 Å². The number of phenolic OH excluding ortho intramolecular Hbond substituents is 1. The number of hydrogen-bond acceptors (Lipinski definition) is 13. The van der Waals surface area contributed by atoms with Gasteiger partial charge in [-0.3, -0.25) is 34.3 Å². The van der Waals surface area contributed by atoms with Crippen LogP contribution in [0.15, 0.2) is 48.5 Å². The van der Waals surface area contributed by atoms with Gasteiger partial charge in [0.25, 0.3) is 11.8 Å². The van der Waals surface area contributed by atoms with Gasteiger partial charge >= 0.3 is 0 Å². The number of amides is 4. The number of para-hydroxylation sites is 1. The summed E-state index contributed by atoms with van der Waals surface area (Å²) in [5.41, 5.74) is 3.79. The summed E-state index contributed by atoms with van der Waals surface area (Å²) in [5, 5.41) is 25.0. The molecular formula is C40H47N9O6. The minimum absolute atomic E-state index is 0.0945. The summed E-state index contributed by atoms with van der Waals surface area (Å²) in [6.07, 6.45) is 4.29. The fourth-order valence-corrected chi connectivity index (χ4v) is 9.35. The van der Waals surface area contributed by atoms with Crippen molar-refractivity contribution < 1.29 is 29.0 Å². The molecule has 0 radical (unpaired) electrons. The van der Waals surface area contributed by atoms with Crippen molar-refractivity contribution in [2.45, 2.75) is 62.8 Å². The van der Waals surface area contributed by atoms with Crippen LogP contribution in [-0.2, 0) is 14.3 Å². The highest BCUT2D eigenvalue weighted by atomic mass is 16.5. The van der Waals surface area contributed by atoms with E-state index in [-0.39, 0.29) is 30.6 Å². The Hall–Kier alpha value is -5.12. The molecule has 1 unspecified atom stereocenters. The molecule has 6 aliphatic rings. The van der Waals surface area contributed by atoms with Crippen LogP contribution in [0.25, 0.3) is 11.3 Å². The molecule has 55 heavy (non-hydrogen) atoms. The van der Waals surface area contributed by atoms with Crippen molar-refractivity contribution in [2.75, 3.05) is 80.6 Å². The number of hydrogen-bond donors (Lipinski definition) is 3. The van der Waals surface area contributed by atoms with Gasteiger partial charge in [-0.15, -0.1) is 10.2 Å². The summed E-state index contributed by atoms with van der Waals surface area (Å²) in [5.74, 6) is -0.931. The number of carbonyl (C=O) groups excluding carboxylic acids is 4. The average molecular weight is 750 g/mol. The van der Waals surface area contributed by atoms with E-state index >= 15 is 0 Å². The van der Waals surface area contributed by atoms with Gasteiger partial charge in [0.2, 0.25) is 11.8 Å². The van der Waals surface area contributed by atoms with Gasteiger partial charge in [-0.25, -0.2) is 0 Å². The van der Waals surface area contributed by atoms with E-state index in [0.717, 1.165) is 87.9 Å². The number of nitrogens with one attached hydrogen (secondary N) is 2. The number of piperidine rings is 3. The fourth-order valence-electron chi connectivity index (χ4n) is 9.35. The molecule has 9 rings (SSSR count). The Labute approximate surface area is 319 Å². The molecule has 1 aromatic heterocycles. The SMILES string of the molecule is O=C1CCC(N2C(=O)c3cccc(N4CCC(OCCN5CCC(N6CCN7c8cc(-c9ccccc9O)nnc8NC[C@H]7C6)CC5)CC4)c3C2=O)C(=O)N1. The number of rotatable bonds is 8. The van der Waals surface area contributed by atoms with Crippen LogP contribution in [0.3, 0.4) is 0 Å². The third-order valence-corrected chi connectivity index (χ3v) is 12.3. The first kappa shape index (κ1) is 35.6. The largest absolute Gasteiger partial charge is 0.507 e. The zero-order valence-electron chi connectivity index (χ0n) is 30.9. The van der Waals surface area contributed by atoms with E-state index in [4.69, 9.17) is 4.74 Å². The number of aromatic nitrogens is 2. The number of aromatic hydroxyl groups is 1. The van der Waals surface area contributed by atoms with Gasteiger partial charge in [-0.2, -0.15) is 0 Å². The van der Waals surface area contributed by atoms with Gasteiger partial charge in [-0.1, -0.05) is 18.2 Å². The summed E-state index contributed by atoms with van der Waals surface area (Å²) in [6, 6.07) is 14.5. The van der Waals surface area contributed by atoms with Gasteiger partial charge in [-0.05, 0) is 75.5 Å². The Balaban J connectivity index is 0.723. The summed E-state index contributed by atoms with van der Waals surface area (Å²) in [7, 11) is 0. The highest BCUT2D eigenvalue weighted by Gasteiger charge is 2.46. The van der Waals surface area contributed by atoms with Crippen molar-refractivity contribution in [1.29, 1.82) is 0 Å². The predicted octanol–water partition coefficient (Wildman–Crippen LogP) is 2.32. The molecule has 15 nitrogen and oxygen atoms in total. The molecule has 2 atom stereocenters. The number of benzene rings is 2. The molecule has 0 spiro atoms. The molecule has 7 heterocycles. The quantitative estimate of drug-likeness (QED) is 0.288. The standard InChI is InChI=1S/C40H47N9O6/c50-34-7-2-1-4-28(34)30-22-33-37(44-43-30)41-23-26-24-47(18-19-48(26)33)25-10-14-45(15-11-25)20-21-55-27-12-16-46(17-13-27)31-6-3-5-29-36(31)40(54)49(39(29)53)32-8-9-35(51)42-38(32)52/h1-7,22,25-27,32,50H,8-21,23-24H2,(H,41,44)(H,42,51,52)/t26-,32?/m0/s1. The molecule has 15 heteroatoms. The molecule has 2 aromatic carbocycles. The van der Waals surface area contributed by atoms with Crippen LogP contribution in [0.5, 0.6) is 5.75 Å². The number of nitrogens with zero attached hydrogens (tertiary/aromatic N) is 7. The van der Waals surface area contributed by atoms with E-state index in [1.165, 1.54) is 0 Å². The molecule has 3 aromatic rings. The van der Waals surface area contributed by atoms with Crippen molar-refractivity contribution in [1.82, 2.24) is 30.2 Å². The topological polar surface area (TPSA) is 164 Å². The lowest BCUT2D eigenvalue weighted by atomic mass is 9.99. The average Bonchev–Trinajstić information content (AvgIpc) is 3.46. The summed E-state index contributed by atoms with van der Waals surface area (Å²) < 4.78 is 6.38. The maximum absolute atomic E-state index is 13.6. The minimum Gasteiger partial charge on any atom is -0.507 e. The highest BCUT2D eigenvalue weighted by Crippen LogP contribution is 2.38. The third kappa shape index (κ3) is 6.78. The molecule has 288 valence electrons. The van der Waals surface area contributed by atoms with Crippen molar-refractivity contribution in [3.63, 3.8) is 0 Å². The Kier molecular flexibility index (Phi) is 9.60. The monoisotopic (exact) mass is 749 g/mol. The molecule has 4 saturated heterocycles. The second-order valence-electron chi connectivity index (χ2n) is 15.5.